The Bertz CT molecular complexity index is 1630. The fourth-order valence-electron chi connectivity index (χ4n) is 3.69. The van der Waals surface area contributed by atoms with Crippen LogP contribution in [0.1, 0.15) is 28.9 Å². The zero-order valence-corrected chi connectivity index (χ0v) is 19.7. The number of benzene rings is 1. The standard InChI is InChI=1S/C24H25FN8O3/c1-32(2)8-7-26-22(34)16-9-13(3-6-17(16)25)18-11-20(28-15-4-5-15)33-21(29-18)14(12-27-33)10-19-23(35)31-24(36)30-19/h3,6,9-12,15,35H,4-5,7-8H2,1-2H3,(H,26,34)(H2,30,31,36). The summed E-state index contributed by atoms with van der Waals surface area (Å²) in [6.45, 7) is 1.01. The van der Waals surface area contributed by atoms with Crippen LogP contribution in [0, 0.1) is 5.82 Å². The quantitative estimate of drug-likeness (QED) is 0.289. The first-order valence-electron chi connectivity index (χ1n) is 11.5. The van der Waals surface area contributed by atoms with E-state index in [0.717, 1.165) is 12.8 Å². The largest absolute Gasteiger partial charge is 0.493 e. The Kier molecular flexibility index (Phi) is 6.10. The van der Waals surface area contributed by atoms with Crippen LogP contribution in [0.5, 0.6) is 5.88 Å². The number of aromatic hydroxyl groups is 1. The van der Waals surface area contributed by atoms with Crippen LogP contribution in [0.4, 0.5) is 4.39 Å². The maximum absolute atomic E-state index is 14.5. The van der Waals surface area contributed by atoms with Crippen molar-refractivity contribution in [1.82, 2.24) is 34.8 Å². The third-order valence-corrected chi connectivity index (χ3v) is 5.73. The van der Waals surface area contributed by atoms with Crippen LogP contribution in [0.15, 0.2) is 40.2 Å². The molecule has 0 bridgehead atoms. The summed E-state index contributed by atoms with van der Waals surface area (Å²) in [4.78, 5) is 40.3. The number of imidazole rings is 1. The topological polar surface area (TPSA) is 144 Å². The second-order valence-corrected chi connectivity index (χ2v) is 8.93. The van der Waals surface area contributed by atoms with Crippen molar-refractivity contribution in [3.63, 3.8) is 0 Å². The molecule has 5 rings (SSSR count). The number of rotatable bonds is 7. The highest BCUT2D eigenvalue weighted by Crippen LogP contribution is 2.23. The molecule has 4 N–H and O–H groups in total. The Labute approximate surface area is 204 Å². The van der Waals surface area contributed by atoms with Crippen molar-refractivity contribution < 1.29 is 14.3 Å². The van der Waals surface area contributed by atoms with E-state index >= 15 is 0 Å². The molecule has 0 saturated heterocycles. The van der Waals surface area contributed by atoms with Gasteiger partial charge in [0.2, 0.25) is 5.88 Å². The van der Waals surface area contributed by atoms with Crippen molar-refractivity contribution in [3.05, 3.63) is 68.7 Å². The molecule has 12 heteroatoms. The zero-order chi connectivity index (χ0) is 25.4. The van der Waals surface area contributed by atoms with E-state index in [2.05, 4.69) is 20.4 Å². The van der Waals surface area contributed by atoms with Gasteiger partial charge in [0, 0.05) is 29.9 Å². The predicted molar refractivity (Wildman–Crippen MR) is 130 cm³/mol. The molecule has 1 amide bonds. The number of carbonyl (C=O) groups excluding carboxylic acids is 1. The lowest BCUT2D eigenvalue weighted by Gasteiger charge is -2.11. The highest BCUT2D eigenvalue weighted by molar-refractivity contribution is 5.95. The lowest BCUT2D eigenvalue weighted by atomic mass is 10.1. The SMILES string of the molecule is CN(C)CCNC(=O)c1cc(-c2cc(=NC3CC3)n3ncc(=Cc4[nH]c(=O)[nH]c4O)c3n2)ccc1F. The van der Waals surface area contributed by atoms with Crippen molar-refractivity contribution >= 4 is 17.6 Å². The molecule has 1 fully saturated rings. The lowest BCUT2D eigenvalue weighted by molar-refractivity contribution is 0.0947. The van der Waals surface area contributed by atoms with Crippen LogP contribution in [0.2, 0.25) is 0 Å². The fraction of sp³-hybridized carbons (Fsp3) is 0.292. The van der Waals surface area contributed by atoms with E-state index in [0.29, 0.717) is 40.7 Å². The summed E-state index contributed by atoms with van der Waals surface area (Å²) in [5.41, 5.74) is 1.56. The van der Waals surface area contributed by atoms with Gasteiger partial charge in [0.05, 0.1) is 23.5 Å². The molecule has 1 aromatic carbocycles. The average Bonchev–Trinajstić information content (AvgIpc) is 3.47. The first-order chi connectivity index (χ1) is 17.3. The summed E-state index contributed by atoms with van der Waals surface area (Å²) < 4.78 is 16.1. The van der Waals surface area contributed by atoms with E-state index in [1.165, 1.54) is 12.1 Å². The van der Waals surface area contributed by atoms with Gasteiger partial charge in [-0.05, 0) is 51.2 Å². The summed E-state index contributed by atoms with van der Waals surface area (Å²) in [6.07, 6.45) is 5.05. The molecule has 0 atom stereocenters. The molecule has 11 nitrogen and oxygen atoms in total. The second kappa shape index (κ2) is 9.38. The number of carbonyl (C=O) groups is 1. The number of likely N-dealkylation sites (N-methyl/N-ethyl adjacent to an activating group) is 1. The Morgan fingerprint density at radius 3 is 2.83 bits per heavy atom. The minimum Gasteiger partial charge on any atom is -0.493 e. The summed E-state index contributed by atoms with van der Waals surface area (Å²) >= 11 is 0. The molecule has 3 aromatic heterocycles. The van der Waals surface area contributed by atoms with Gasteiger partial charge >= 0.3 is 5.69 Å². The predicted octanol–water partition coefficient (Wildman–Crippen LogP) is 0.160. The number of halogens is 1. The Morgan fingerprint density at radius 2 is 2.14 bits per heavy atom. The molecule has 4 aromatic rings. The van der Waals surface area contributed by atoms with E-state index in [9.17, 15) is 19.1 Å². The number of aromatic nitrogens is 5. The molecule has 0 aliphatic heterocycles. The van der Waals surface area contributed by atoms with Crippen LogP contribution in [0.3, 0.4) is 0 Å². The van der Waals surface area contributed by atoms with Crippen molar-refractivity contribution in [2.45, 2.75) is 18.9 Å². The molecule has 1 aliphatic rings. The van der Waals surface area contributed by atoms with Gasteiger partial charge in [-0.15, -0.1) is 0 Å². The minimum absolute atomic E-state index is 0.0799. The molecule has 0 radical (unpaired) electrons. The van der Waals surface area contributed by atoms with Gasteiger partial charge in [-0.25, -0.2) is 14.2 Å². The van der Waals surface area contributed by atoms with E-state index in [1.54, 1.807) is 28.9 Å². The molecule has 1 saturated carbocycles. The molecule has 0 unspecified atom stereocenters. The number of amides is 1. The Balaban J connectivity index is 1.61. The molecule has 186 valence electrons. The van der Waals surface area contributed by atoms with Crippen LogP contribution >= 0.6 is 0 Å². The van der Waals surface area contributed by atoms with Crippen molar-refractivity contribution in [1.29, 1.82) is 0 Å². The number of hydrogen-bond acceptors (Lipinski definition) is 7. The molecule has 1 aliphatic carbocycles. The van der Waals surface area contributed by atoms with Crippen molar-refractivity contribution in [3.8, 4) is 17.1 Å². The monoisotopic (exact) mass is 492 g/mol. The van der Waals surface area contributed by atoms with Crippen molar-refractivity contribution in [2.24, 2.45) is 4.99 Å². The van der Waals surface area contributed by atoms with Crippen molar-refractivity contribution in [2.75, 3.05) is 27.2 Å². The average molecular weight is 493 g/mol. The molecular weight excluding hydrogens is 467 g/mol. The molecule has 0 spiro atoms. The van der Waals surface area contributed by atoms with E-state index in [4.69, 9.17) is 9.98 Å². The normalized spacial score (nSPS) is 14.8. The van der Waals surface area contributed by atoms with Gasteiger partial charge in [-0.3, -0.25) is 14.8 Å². The maximum Gasteiger partial charge on any atom is 0.326 e. The molecular formula is C24H25FN8O3. The van der Waals surface area contributed by atoms with Gasteiger partial charge in [-0.1, -0.05) is 0 Å². The highest BCUT2D eigenvalue weighted by Gasteiger charge is 2.21. The first kappa shape index (κ1) is 23.4. The van der Waals surface area contributed by atoms with Gasteiger partial charge in [0.25, 0.3) is 5.91 Å². The molecule has 3 heterocycles. The summed E-state index contributed by atoms with van der Waals surface area (Å²) in [5, 5.41) is 17.6. The number of aromatic amines is 2. The third kappa shape index (κ3) is 4.89. The van der Waals surface area contributed by atoms with E-state index < -0.39 is 17.4 Å². The maximum atomic E-state index is 14.5. The van der Waals surface area contributed by atoms with Crippen LogP contribution < -0.4 is 21.7 Å². The number of nitrogens with one attached hydrogen (secondary N) is 3. The fourth-order valence-corrected chi connectivity index (χ4v) is 3.69. The molecule has 36 heavy (non-hydrogen) atoms. The number of fused-ring (bicyclic) bond motifs is 1. The smallest absolute Gasteiger partial charge is 0.326 e. The number of hydrogen-bond donors (Lipinski definition) is 4. The second-order valence-electron chi connectivity index (χ2n) is 8.93. The Hall–Kier alpha value is -4.32. The zero-order valence-electron chi connectivity index (χ0n) is 19.7. The summed E-state index contributed by atoms with van der Waals surface area (Å²) in [6, 6.07) is 6.21. The summed E-state index contributed by atoms with van der Waals surface area (Å²) in [7, 11) is 3.77. The first-order valence-corrected chi connectivity index (χ1v) is 11.5. The van der Waals surface area contributed by atoms with E-state index in [-0.39, 0.29) is 23.2 Å². The van der Waals surface area contributed by atoms with Gasteiger partial charge < -0.3 is 20.3 Å². The Morgan fingerprint density at radius 1 is 1.33 bits per heavy atom. The lowest BCUT2D eigenvalue weighted by Crippen LogP contribution is -2.31. The van der Waals surface area contributed by atoms with Crippen LogP contribution in [-0.4, -0.2) is 73.7 Å². The minimum atomic E-state index is -0.629. The summed E-state index contributed by atoms with van der Waals surface area (Å²) in [5.74, 6) is -1.44. The van der Waals surface area contributed by atoms with Gasteiger partial charge in [0.1, 0.15) is 11.5 Å². The van der Waals surface area contributed by atoms with Gasteiger partial charge in [-0.2, -0.15) is 9.61 Å². The van der Waals surface area contributed by atoms with Gasteiger partial charge in [0.15, 0.2) is 11.1 Å². The van der Waals surface area contributed by atoms with Crippen LogP contribution in [-0.2, 0) is 0 Å². The van der Waals surface area contributed by atoms with E-state index in [1.807, 2.05) is 19.0 Å². The number of nitrogens with zero attached hydrogens (tertiary/aromatic N) is 5. The van der Waals surface area contributed by atoms with Crippen LogP contribution in [0.25, 0.3) is 23.0 Å². The number of H-pyrrole nitrogens is 2. The highest BCUT2D eigenvalue weighted by atomic mass is 19.1. The third-order valence-electron chi connectivity index (χ3n) is 5.73.